The minimum Gasteiger partial charge on any atom is -0.483 e. The molecule has 2 aromatic rings. The van der Waals surface area contributed by atoms with Gasteiger partial charge in [0.25, 0.3) is 24.4 Å². The first kappa shape index (κ1) is 22.6. The number of hydrogen-bond donors (Lipinski definition) is 2. The number of nitrogens with one attached hydrogen (secondary N) is 1. The van der Waals surface area contributed by atoms with Gasteiger partial charge in [0.2, 0.25) is 0 Å². The van der Waals surface area contributed by atoms with E-state index in [2.05, 4.69) is 10.2 Å². The van der Waals surface area contributed by atoms with Crippen LogP contribution in [0.25, 0.3) is 0 Å². The van der Waals surface area contributed by atoms with Crippen LogP contribution in [0.2, 0.25) is 0 Å². The molecule has 2 N–H and O–H groups in total. The molecule has 1 saturated heterocycles. The van der Waals surface area contributed by atoms with Crippen molar-refractivity contribution in [2.75, 3.05) is 33.7 Å². The number of carbonyl (C=O) groups is 2. The summed E-state index contributed by atoms with van der Waals surface area (Å²) in [7, 11) is 3.92. The summed E-state index contributed by atoms with van der Waals surface area (Å²) in [6.45, 7) is 1.37. The van der Waals surface area contributed by atoms with Crippen LogP contribution in [0.1, 0.15) is 46.7 Å². The van der Waals surface area contributed by atoms with E-state index in [1.165, 1.54) is 0 Å². The predicted molar refractivity (Wildman–Crippen MR) is 107 cm³/mol. The maximum atomic E-state index is 12.9. The van der Waals surface area contributed by atoms with Gasteiger partial charge in [-0.1, -0.05) is 6.07 Å². The van der Waals surface area contributed by atoms with Crippen LogP contribution < -0.4 is 5.56 Å². The molecule has 9 nitrogen and oxygen atoms in total. The number of rotatable bonds is 4. The number of pyridine rings is 1. The number of amides is 1. The lowest BCUT2D eigenvalue weighted by Gasteiger charge is -2.47. The smallest absolute Gasteiger partial charge is 0.290 e. The Morgan fingerprint density at radius 2 is 2.10 bits per heavy atom. The van der Waals surface area contributed by atoms with Crippen molar-refractivity contribution in [3.63, 3.8) is 0 Å². The molecule has 11 heteroatoms. The van der Waals surface area contributed by atoms with Crippen LogP contribution >= 0.6 is 0 Å². The van der Waals surface area contributed by atoms with Crippen molar-refractivity contribution in [3.05, 3.63) is 51.7 Å². The molecule has 1 amide bonds. The number of piperidine rings is 1. The van der Waals surface area contributed by atoms with Gasteiger partial charge in [0.05, 0.1) is 6.04 Å². The lowest BCUT2D eigenvalue weighted by Crippen LogP contribution is -2.52. The van der Waals surface area contributed by atoms with Crippen molar-refractivity contribution in [2.24, 2.45) is 5.92 Å². The number of aromatic nitrogens is 3. The molecule has 2 aromatic heterocycles. The van der Waals surface area contributed by atoms with E-state index in [-0.39, 0.29) is 47.2 Å². The van der Waals surface area contributed by atoms with Gasteiger partial charge < -0.3 is 19.5 Å². The molecule has 168 valence electrons. The van der Waals surface area contributed by atoms with Crippen LogP contribution in [0, 0.1) is 5.92 Å². The van der Waals surface area contributed by atoms with E-state index in [0.29, 0.717) is 19.6 Å². The molecular formula is C20H25F2N5O4. The fourth-order valence-electron chi connectivity index (χ4n) is 4.54. The zero-order valence-corrected chi connectivity index (χ0v) is 17.2. The van der Waals surface area contributed by atoms with Gasteiger partial charge in [-0.25, -0.2) is 8.78 Å². The summed E-state index contributed by atoms with van der Waals surface area (Å²) in [5.41, 5.74) is 0.559. The minimum atomic E-state index is -2.70. The van der Waals surface area contributed by atoms with Gasteiger partial charge in [0.15, 0.2) is 5.69 Å². The summed E-state index contributed by atoms with van der Waals surface area (Å²) in [6.07, 6.45) is -1.80. The van der Waals surface area contributed by atoms with Crippen LogP contribution in [0.5, 0.6) is 0 Å². The summed E-state index contributed by atoms with van der Waals surface area (Å²) >= 11 is 0. The predicted octanol–water partition coefficient (Wildman–Crippen LogP) is 1.57. The Kier molecular flexibility index (Phi) is 6.84. The highest BCUT2D eigenvalue weighted by molar-refractivity contribution is 5.92. The molecule has 2 aliphatic heterocycles. The Bertz CT molecular complexity index is 990. The minimum absolute atomic E-state index is 0.00452. The maximum Gasteiger partial charge on any atom is 0.290 e. The standard InChI is InChI=1S/C19H23F2N5O2.CH2O2/c1-24(2)10-16-12-6-11(15-4-3-5-17(27)26(15)16)8-25(9-12)19(28)14-7-13(18(20)21)22-23-14;2-1-3/h3-5,7,11-12,16,18H,6,8-10H2,1-2H3,(H,22,23);1H,(H,2,3)/t11-,12+,16+;/m1./s1. The fourth-order valence-corrected chi connectivity index (χ4v) is 4.54. The van der Waals surface area contributed by atoms with E-state index in [1.807, 2.05) is 29.6 Å². The number of alkyl halides is 2. The van der Waals surface area contributed by atoms with Crippen molar-refractivity contribution < 1.29 is 23.5 Å². The largest absolute Gasteiger partial charge is 0.483 e. The Labute approximate surface area is 177 Å². The first-order valence-corrected chi connectivity index (χ1v) is 9.83. The van der Waals surface area contributed by atoms with Crippen molar-refractivity contribution in [1.29, 1.82) is 0 Å². The first-order chi connectivity index (χ1) is 14.8. The molecule has 4 heterocycles. The molecule has 1 fully saturated rings. The summed E-state index contributed by atoms with van der Waals surface area (Å²) in [6, 6.07) is 6.35. The number of likely N-dealkylation sites (tertiary alicyclic amines) is 1. The van der Waals surface area contributed by atoms with Crippen LogP contribution in [0.4, 0.5) is 8.78 Å². The normalized spacial score (nSPS) is 22.0. The maximum absolute atomic E-state index is 12.9. The van der Waals surface area contributed by atoms with Crippen molar-refractivity contribution in [2.45, 2.75) is 24.8 Å². The number of carbonyl (C=O) groups excluding carboxylic acids is 1. The van der Waals surface area contributed by atoms with E-state index in [1.54, 1.807) is 17.0 Å². The van der Waals surface area contributed by atoms with Gasteiger partial charge >= 0.3 is 0 Å². The fraction of sp³-hybridized carbons (Fsp3) is 0.500. The summed E-state index contributed by atoms with van der Waals surface area (Å²) in [5.74, 6) is -0.192. The van der Waals surface area contributed by atoms with E-state index < -0.39 is 6.43 Å². The second kappa shape index (κ2) is 9.38. The molecule has 0 saturated carbocycles. The van der Waals surface area contributed by atoms with Crippen LogP contribution in [-0.4, -0.2) is 75.8 Å². The lowest BCUT2D eigenvalue weighted by atomic mass is 9.78. The molecular weight excluding hydrogens is 412 g/mol. The number of carboxylic acid groups (broad SMARTS) is 1. The highest BCUT2D eigenvalue weighted by atomic mass is 19.3. The first-order valence-electron chi connectivity index (χ1n) is 9.83. The summed E-state index contributed by atoms with van der Waals surface area (Å²) < 4.78 is 27.5. The summed E-state index contributed by atoms with van der Waals surface area (Å²) in [4.78, 5) is 37.6. The number of fused-ring (bicyclic) bond motifs is 4. The molecule has 2 aliphatic rings. The van der Waals surface area contributed by atoms with Gasteiger partial charge in [0, 0.05) is 37.3 Å². The van der Waals surface area contributed by atoms with Gasteiger partial charge in [-0.15, -0.1) is 0 Å². The zero-order chi connectivity index (χ0) is 22.7. The zero-order valence-electron chi connectivity index (χ0n) is 17.2. The molecule has 2 bridgehead atoms. The third kappa shape index (κ3) is 4.66. The molecule has 0 unspecified atom stereocenters. The number of H-pyrrole nitrogens is 1. The Morgan fingerprint density at radius 3 is 2.71 bits per heavy atom. The third-order valence-corrected chi connectivity index (χ3v) is 5.69. The molecule has 0 spiro atoms. The average molecular weight is 437 g/mol. The lowest BCUT2D eigenvalue weighted by molar-refractivity contribution is -0.122. The van der Waals surface area contributed by atoms with Crippen LogP contribution in [0.15, 0.2) is 29.1 Å². The summed E-state index contributed by atoms with van der Waals surface area (Å²) in [5, 5.41) is 12.9. The number of hydrogen-bond acceptors (Lipinski definition) is 5. The Morgan fingerprint density at radius 1 is 1.39 bits per heavy atom. The van der Waals surface area contributed by atoms with Gasteiger partial charge in [0.1, 0.15) is 5.69 Å². The second-order valence-electron chi connectivity index (χ2n) is 8.01. The number of likely N-dealkylation sites (N-methyl/N-ethyl adjacent to an activating group) is 1. The third-order valence-electron chi connectivity index (χ3n) is 5.69. The molecule has 0 aliphatic carbocycles. The van der Waals surface area contributed by atoms with E-state index in [9.17, 15) is 18.4 Å². The monoisotopic (exact) mass is 437 g/mol. The molecule has 4 rings (SSSR count). The Balaban J connectivity index is 0.000000858. The highest BCUT2D eigenvalue weighted by Crippen LogP contribution is 2.41. The van der Waals surface area contributed by atoms with Gasteiger partial charge in [-0.05, 0) is 38.6 Å². The molecule has 31 heavy (non-hydrogen) atoms. The number of nitrogens with zero attached hydrogens (tertiary/aromatic N) is 4. The SMILES string of the molecule is CN(C)C[C@H]1[C@H]2C[C@H](CN(C(=O)c3cc(C(F)F)[nH]n3)C2)c2cccc(=O)n21.O=CO. The quantitative estimate of drug-likeness (QED) is 0.703. The molecule has 3 atom stereocenters. The second-order valence-corrected chi connectivity index (χ2v) is 8.01. The van der Waals surface area contributed by atoms with Crippen LogP contribution in [0.3, 0.4) is 0 Å². The van der Waals surface area contributed by atoms with Gasteiger partial charge in [-0.2, -0.15) is 5.10 Å². The number of halogens is 2. The van der Waals surface area contributed by atoms with E-state index >= 15 is 0 Å². The van der Waals surface area contributed by atoms with Crippen molar-refractivity contribution in [1.82, 2.24) is 24.6 Å². The van der Waals surface area contributed by atoms with E-state index in [4.69, 9.17) is 9.90 Å². The van der Waals surface area contributed by atoms with Crippen molar-refractivity contribution >= 4 is 12.4 Å². The molecule has 0 radical (unpaired) electrons. The number of aromatic amines is 1. The van der Waals surface area contributed by atoms with Crippen molar-refractivity contribution in [3.8, 4) is 0 Å². The van der Waals surface area contributed by atoms with E-state index in [0.717, 1.165) is 18.2 Å². The van der Waals surface area contributed by atoms with Crippen LogP contribution in [-0.2, 0) is 4.79 Å². The highest BCUT2D eigenvalue weighted by Gasteiger charge is 2.42. The van der Waals surface area contributed by atoms with Gasteiger partial charge in [-0.3, -0.25) is 19.5 Å². The molecule has 0 aromatic carbocycles. The topological polar surface area (TPSA) is 112 Å². The Hall–Kier alpha value is -3.08. The average Bonchev–Trinajstić information content (AvgIpc) is 3.21.